The fourth-order valence-electron chi connectivity index (χ4n) is 0.993. The average Bonchev–Trinajstić information content (AvgIpc) is 2.15. The van der Waals surface area contributed by atoms with Gasteiger partial charge in [-0.15, -0.1) is 0 Å². The van der Waals surface area contributed by atoms with Gasteiger partial charge in [-0.25, -0.2) is 9.89 Å². The number of carbonyl (C=O) groups is 1. The standard InChI is InChI=1S/C8H11N3O4S/c1-3(2)4(7(13)14)16-6-5(12)9-8(15)11-10-6/h3-4H,1-2H3,(H,13,14)(H2,9,11,12,15)/p-1/t4-/m0/s1. The molecule has 0 fully saturated rings. The van der Waals surface area contributed by atoms with Gasteiger partial charge in [0.25, 0.3) is 5.56 Å². The lowest BCUT2D eigenvalue weighted by atomic mass is 10.1. The van der Waals surface area contributed by atoms with Crippen LogP contribution in [0.5, 0.6) is 0 Å². The summed E-state index contributed by atoms with van der Waals surface area (Å²) in [4.78, 5) is 34.7. The van der Waals surface area contributed by atoms with Crippen molar-refractivity contribution in [1.82, 2.24) is 15.2 Å². The van der Waals surface area contributed by atoms with Crippen molar-refractivity contribution in [2.75, 3.05) is 0 Å². The zero-order valence-electron chi connectivity index (χ0n) is 8.64. The van der Waals surface area contributed by atoms with Crippen molar-refractivity contribution >= 4 is 17.7 Å². The number of hydrogen-bond acceptors (Lipinski definition) is 6. The number of nitrogens with zero attached hydrogens (tertiary/aromatic N) is 1. The van der Waals surface area contributed by atoms with E-state index in [4.69, 9.17) is 0 Å². The third kappa shape index (κ3) is 2.96. The van der Waals surface area contributed by atoms with Crippen LogP contribution in [0.25, 0.3) is 0 Å². The average molecular weight is 244 g/mol. The third-order valence-corrected chi connectivity index (χ3v) is 3.25. The lowest BCUT2D eigenvalue weighted by molar-refractivity contribution is -0.305. The van der Waals surface area contributed by atoms with Gasteiger partial charge >= 0.3 is 5.69 Å². The molecule has 16 heavy (non-hydrogen) atoms. The Bertz CT molecular complexity index is 493. The van der Waals surface area contributed by atoms with Gasteiger partial charge in [0.15, 0.2) is 5.03 Å². The Morgan fingerprint density at radius 2 is 2.06 bits per heavy atom. The summed E-state index contributed by atoms with van der Waals surface area (Å²) in [7, 11) is 0. The van der Waals surface area contributed by atoms with Crippen molar-refractivity contribution in [2.24, 2.45) is 5.92 Å². The van der Waals surface area contributed by atoms with Crippen LogP contribution < -0.4 is 16.4 Å². The van der Waals surface area contributed by atoms with E-state index in [-0.39, 0.29) is 10.9 Å². The summed E-state index contributed by atoms with van der Waals surface area (Å²) in [6.45, 7) is 3.38. The number of carbonyl (C=O) groups excluding carboxylic acids is 1. The number of aromatic amines is 2. The number of nitrogens with one attached hydrogen (secondary N) is 2. The first kappa shape index (κ1) is 12.5. The second-order valence-electron chi connectivity index (χ2n) is 3.41. The Morgan fingerprint density at radius 1 is 1.44 bits per heavy atom. The second kappa shape index (κ2) is 4.97. The smallest absolute Gasteiger partial charge is 0.342 e. The molecule has 0 saturated carbocycles. The second-order valence-corrected chi connectivity index (χ2v) is 4.54. The Morgan fingerprint density at radius 3 is 2.50 bits per heavy atom. The number of carboxylic acids is 1. The number of aromatic nitrogens is 3. The quantitative estimate of drug-likeness (QED) is 0.611. The number of thioether (sulfide) groups is 1. The minimum Gasteiger partial charge on any atom is -0.549 e. The fraction of sp³-hybridized carbons (Fsp3) is 0.500. The van der Waals surface area contributed by atoms with Crippen LogP contribution in [0.4, 0.5) is 0 Å². The molecule has 0 amide bonds. The van der Waals surface area contributed by atoms with Crippen LogP contribution >= 0.6 is 11.8 Å². The highest BCUT2D eigenvalue weighted by molar-refractivity contribution is 8.00. The monoisotopic (exact) mass is 244 g/mol. The molecule has 7 nitrogen and oxygen atoms in total. The van der Waals surface area contributed by atoms with Crippen molar-refractivity contribution in [1.29, 1.82) is 0 Å². The molecular formula is C8H10N3O4S-. The lowest BCUT2D eigenvalue weighted by Crippen LogP contribution is -2.37. The maximum atomic E-state index is 11.2. The van der Waals surface area contributed by atoms with Crippen LogP contribution in [-0.2, 0) is 4.79 Å². The maximum absolute atomic E-state index is 11.2. The first-order valence-electron chi connectivity index (χ1n) is 4.48. The molecule has 0 radical (unpaired) electrons. The molecule has 8 heteroatoms. The van der Waals surface area contributed by atoms with Gasteiger partial charge in [-0.05, 0) is 5.92 Å². The minimum absolute atomic E-state index is 0.0949. The van der Waals surface area contributed by atoms with Gasteiger partial charge in [0.1, 0.15) is 0 Å². The molecule has 2 N–H and O–H groups in total. The van der Waals surface area contributed by atoms with Gasteiger partial charge in [-0.1, -0.05) is 25.6 Å². The van der Waals surface area contributed by atoms with E-state index in [1.165, 1.54) is 0 Å². The molecule has 1 rings (SSSR count). The SMILES string of the molecule is CC(C)[C@H](Sc1n[nH]c(=O)[nH]c1=O)C(=O)[O-]. The predicted octanol–water partition coefficient (Wildman–Crippen LogP) is -1.68. The highest BCUT2D eigenvalue weighted by Gasteiger charge is 2.18. The summed E-state index contributed by atoms with van der Waals surface area (Å²) in [5, 5.41) is 15.3. The van der Waals surface area contributed by atoms with Crippen LogP contribution in [0.1, 0.15) is 13.8 Å². The molecule has 0 aliphatic carbocycles. The predicted molar refractivity (Wildman–Crippen MR) is 55.0 cm³/mol. The Hall–Kier alpha value is -1.57. The Kier molecular flexibility index (Phi) is 3.88. The van der Waals surface area contributed by atoms with E-state index in [0.717, 1.165) is 11.8 Å². The molecule has 1 aromatic rings. The molecule has 88 valence electrons. The number of aliphatic carboxylic acids is 1. The van der Waals surface area contributed by atoms with E-state index in [1.54, 1.807) is 13.8 Å². The van der Waals surface area contributed by atoms with Gasteiger partial charge in [-0.3, -0.25) is 9.78 Å². The Balaban J connectivity index is 2.99. The van der Waals surface area contributed by atoms with E-state index >= 15 is 0 Å². The van der Waals surface area contributed by atoms with Crippen LogP contribution in [0.2, 0.25) is 0 Å². The molecule has 0 aliphatic rings. The van der Waals surface area contributed by atoms with Gasteiger partial charge in [0.2, 0.25) is 0 Å². The topological polar surface area (TPSA) is 119 Å². The van der Waals surface area contributed by atoms with Crippen LogP contribution in [-0.4, -0.2) is 26.4 Å². The molecule has 0 unspecified atom stereocenters. The zero-order valence-corrected chi connectivity index (χ0v) is 9.46. The van der Waals surface area contributed by atoms with Gasteiger partial charge in [0, 0.05) is 0 Å². The molecule has 0 bridgehead atoms. The molecule has 1 heterocycles. The lowest BCUT2D eigenvalue weighted by Gasteiger charge is -2.19. The van der Waals surface area contributed by atoms with Crippen molar-refractivity contribution < 1.29 is 9.90 Å². The number of H-pyrrole nitrogens is 2. The van der Waals surface area contributed by atoms with E-state index in [1.807, 2.05) is 10.1 Å². The highest BCUT2D eigenvalue weighted by atomic mass is 32.2. The van der Waals surface area contributed by atoms with Crippen LogP contribution in [0.3, 0.4) is 0 Å². The van der Waals surface area contributed by atoms with Crippen molar-refractivity contribution in [3.63, 3.8) is 0 Å². The number of carboxylic acid groups (broad SMARTS) is 1. The normalized spacial score (nSPS) is 12.7. The third-order valence-electron chi connectivity index (χ3n) is 1.76. The highest BCUT2D eigenvalue weighted by Crippen LogP contribution is 2.23. The molecule has 0 aliphatic heterocycles. The summed E-state index contributed by atoms with van der Waals surface area (Å²) >= 11 is 0.753. The summed E-state index contributed by atoms with van der Waals surface area (Å²) in [6, 6.07) is 0. The number of hydrogen-bond donors (Lipinski definition) is 2. The van der Waals surface area contributed by atoms with E-state index < -0.39 is 22.5 Å². The summed E-state index contributed by atoms with van der Waals surface area (Å²) in [5.74, 6) is -1.49. The molecule has 0 saturated heterocycles. The first-order chi connectivity index (χ1) is 7.41. The molecule has 0 aromatic carbocycles. The van der Waals surface area contributed by atoms with Crippen molar-refractivity contribution in [3.05, 3.63) is 20.8 Å². The van der Waals surface area contributed by atoms with E-state index in [2.05, 4.69) is 5.10 Å². The first-order valence-corrected chi connectivity index (χ1v) is 5.36. The Labute approximate surface area is 94.3 Å². The van der Waals surface area contributed by atoms with Crippen LogP contribution in [0.15, 0.2) is 14.6 Å². The number of rotatable bonds is 4. The fourth-order valence-corrected chi connectivity index (χ4v) is 1.86. The minimum atomic E-state index is -1.27. The van der Waals surface area contributed by atoms with E-state index in [0.29, 0.717) is 0 Å². The van der Waals surface area contributed by atoms with Gasteiger partial charge in [0.05, 0.1) is 11.2 Å². The molecular weight excluding hydrogens is 234 g/mol. The van der Waals surface area contributed by atoms with E-state index in [9.17, 15) is 19.5 Å². The van der Waals surface area contributed by atoms with Crippen molar-refractivity contribution in [3.8, 4) is 0 Å². The summed E-state index contributed by atoms with van der Waals surface area (Å²) in [5.41, 5.74) is -1.44. The van der Waals surface area contributed by atoms with Crippen molar-refractivity contribution in [2.45, 2.75) is 24.1 Å². The zero-order chi connectivity index (χ0) is 12.3. The van der Waals surface area contributed by atoms with Crippen LogP contribution in [0, 0.1) is 5.92 Å². The molecule has 0 spiro atoms. The maximum Gasteiger partial charge on any atom is 0.342 e. The van der Waals surface area contributed by atoms with Gasteiger partial charge < -0.3 is 9.90 Å². The molecule has 1 aromatic heterocycles. The molecule has 1 atom stereocenters. The largest absolute Gasteiger partial charge is 0.549 e. The van der Waals surface area contributed by atoms with Gasteiger partial charge in [-0.2, -0.15) is 5.10 Å². The summed E-state index contributed by atoms with van der Waals surface area (Å²) in [6.07, 6.45) is 0. The summed E-state index contributed by atoms with van der Waals surface area (Å²) < 4.78 is 0.